The molecule has 5 heterocycles. The Labute approximate surface area is 712 Å². The number of rotatable bonds is 11. The van der Waals surface area contributed by atoms with E-state index in [4.69, 9.17) is 0 Å². The second kappa shape index (κ2) is 56.0. The van der Waals surface area contributed by atoms with Crippen molar-refractivity contribution in [2.45, 2.75) is 269 Å². The minimum Gasteiger partial charge on any atom is -0.354 e. The van der Waals surface area contributed by atoms with Gasteiger partial charge in [-0.25, -0.2) is 0 Å². The molecule has 119 heavy (non-hydrogen) atoms. The van der Waals surface area contributed by atoms with Gasteiger partial charge in [-0.1, -0.05) is 262 Å². The van der Waals surface area contributed by atoms with Gasteiger partial charge in [-0.3, -0.25) is 72.3 Å². The van der Waals surface area contributed by atoms with E-state index in [0.29, 0.717) is 57.8 Å². The molecule has 18 nitrogen and oxygen atoms in total. The number of benzene rings is 9. The molecule has 1 unspecified atom stereocenters. The molecule has 5 aliphatic rings. The molecule has 1 saturated heterocycles. The predicted molar refractivity (Wildman–Crippen MR) is 492 cm³/mol. The molecule has 0 aliphatic carbocycles. The molecule has 5 aliphatic heterocycles. The van der Waals surface area contributed by atoms with E-state index < -0.39 is 0 Å². The van der Waals surface area contributed by atoms with Crippen molar-refractivity contribution in [3.05, 3.63) is 274 Å². The van der Waals surface area contributed by atoms with Gasteiger partial charge < -0.3 is 15.5 Å². The number of carbonyl (C=O) groups is 11. The molecule has 0 radical (unpaired) electrons. The Balaban J connectivity index is 0.00000133. The molecule has 14 rings (SSSR count). The minimum atomic E-state index is -0.281. The van der Waals surface area contributed by atoms with Gasteiger partial charge in [-0.05, 0) is 184 Å². The van der Waals surface area contributed by atoms with Crippen LogP contribution >= 0.6 is 0 Å². The Morgan fingerprint density at radius 1 is 0.336 bits per heavy atom. The minimum absolute atomic E-state index is 0. The van der Waals surface area contributed by atoms with Gasteiger partial charge in [-0.2, -0.15) is 0 Å². The number of nitrogens with zero attached hydrogens (tertiary/aromatic N) is 5. The van der Waals surface area contributed by atoms with Crippen LogP contribution in [0.25, 0.3) is 21.5 Å². The number of imide groups is 4. The summed E-state index contributed by atoms with van der Waals surface area (Å²) in [5.74, 6) is -1.28. The number of hydrogen-bond donors (Lipinski definition) is 2. The molecule has 18 heteroatoms. The molecule has 1 fully saturated rings. The maximum absolute atomic E-state index is 12.4. The summed E-state index contributed by atoms with van der Waals surface area (Å²) in [6, 6.07) is 66.1. The summed E-state index contributed by atoms with van der Waals surface area (Å²) in [7, 11) is 0. The lowest BCUT2D eigenvalue weighted by atomic mass is 9.93. The van der Waals surface area contributed by atoms with Crippen LogP contribution in [0.2, 0.25) is 0 Å². The molecule has 0 spiro atoms. The molecule has 9 aromatic rings. The smallest absolute Gasteiger partial charge is 0.261 e. The Morgan fingerprint density at radius 2 is 0.664 bits per heavy atom. The fourth-order valence-electron chi connectivity index (χ4n) is 12.5. The van der Waals surface area contributed by atoms with Crippen molar-refractivity contribution in [2.75, 3.05) is 0 Å². The molecule has 9 aromatic carbocycles. The third-order valence-corrected chi connectivity index (χ3v) is 17.4. The lowest BCUT2D eigenvalue weighted by Gasteiger charge is -2.30. The van der Waals surface area contributed by atoms with Crippen LogP contribution in [0.15, 0.2) is 212 Å². The molecular formula is C101H139N7O11. The van der Waals surface area contributed by atoms with Gasteiger partial charge in [0.25, 0.3) is 47.3 Å². The van der Waals surface area contributed by atoms with Crippen molar-refractivity contribution in [1.82, 2.24) is 35.1 Å². The van der Waals surface area contributed by atoms with Crippen LogP contribution in [0, 0.1) is 0 Å². The summed E-state index contributed by atoms with van der Waals surface area (Å²) in [5, 5.41) is 9.37. The molecule has 0 bridgehead atoms. The van der Waals surface area contributed by atoms with E-state index in [1.54, 1.807) is 48.5 Å². The first-order chi connectivity index (χ1) is 56.5. The van der Waals surface area contributed by atoms with Crippen LogP contribution in [-0.2, 0) is 27.3 Å². The van der Waals surface area contributed by atoms with E-state index in [1.165, 1.54) is 19.6 Å². The Kier molecular flexibility index (Phi) is 50.5. The Hall–Kier alpha value is -11.5. The number of amides is 11. The van der Waals surface area contributed by atoms with Crippen LogP contribution in [0.5, 0.6) is 0 Å². The van der Waals surface area contributed by atoms with Crippen molar-refractivity contribution < 1.29 is 52.7 Å². The van der Waals surface area contributed by atoms with Gasteiger partial charge in [0.05, 0.1) is 34.6 Å². The van der Waals surface area contributed by atoms with E-state index in [-0.39, 0.29) is 115 Å². The van der Waals surface area contributed by atoms with Gasteiger partial charge in [0.15, 0.2) is 0 Å². The normalized spacial score (nSPS) is 13.2. The van der Waals surface area contributed by atoms with Gasteiger partial charge in [0.2, 0.25) is 17.7 Å². The molecule has 644 valence electrons. The highest BCUT2D eigenvalue weighted by molar-refractivity contribution is 6.26. The fraction of sp³-hybridized carbons (Fsp3) is 0.396. The van der Waals surface area contributed by atoms with Crippen molar-refractivity contribution >= 4 is 86.5 Å². The third-order valence-electron chi connectivity index (χ3n) is 17.4. The van der Waals surface area contributed by atoms with Gasteiger partial charge in [0.1, 0.15) is 0 Å². The zero-order chi connectivity index (χ0) is 89.8. The third kappa shape index (κ3) is 29.8. The van der Waals surface area contributed by atoms with Crippen molar-refractivity contribution in [1.29, 1.82) is 0 Å². The highest BCUT2D eigenvalue weighted by Gasteiger charge is 2.42. The van der Waals surface area contributed by atoms with Crippen molar-refractivity contribution in [3.8, 4) is 0 Å². The first kappa shape index (κ1) is 107. The molecule has 11 amide bonds. The first-order valence-corrected chi connectivity index (χ1v) is 42.3. The van der Waals surface area contributed by atoms with E-state index in [0.717, 1.165) is 50.3 Å². The number of hydrogen-bond acceptors (Lipinski definition) is 11. The number of nitrogens with one attached hydrogen (secondary N) is 2. The fourth-order valence-corrected chi connectivity index (χ4v) is 12.5. The largest absolute Gasteiger partial charge is 0.354 e. The zero-order valence-electron chi connectivity index (χ0n) is 75.7. The maximum atomic E-state index is 12.4. The molecule has 0 saturated carbocycles. The van der Waals surface area contributed by atoms with E-state index >= 15 is 0 Å². The van der Waals surface area contributed by atoms with Crippen molar-refractivity contribution in [3.63, 3.8) is 0 Å². The topological polar surface area (TPSA) is 228 Å². The lowest BCUT2D eigenvalue weighted by Crippen LogP contribution is -2.44. The number of likely N-dealkylation sites (tertiary alicyclic amines) is 1. The quantitative estimate of drug-likeness (QED) is 0.116. The highest BCUT2D eigenvalue weighted by atomic mass is 16.2. The van der Waals surface area contributed by atoms with Crippen molar-refractivity contribution in [2.24, 2.45) is 0 Å². The Morgan fingerprint density at radius 3 is 1.03 bits per heavy atom. The maximum Gasteiger partial charge on any atom is 0.261 e. The average Bonchev–Trinajstić information content (AvgIpc) is 1.52. The summed E-state index contributed by atoms with van der Waals surface area (Å²) in [6.45, 7) is 55.5. The molecule has 0 aromatic heterocycles. The molecular weight excluding hydrogens is 1490 g/mol. The average molecular weight is 1630 g/mol. The summed E-state index contributed by atoms with van der Waals surface area (Å²) in [6.07, 6.45) is 0.778. The van der Waals surface area contributed by atoms with E-state index in [9.17, 15) is 52.7 Å². The van der Waals surface area contributed by atoms with Crippen LogP contribution in [0.1, 0.15) is 313 Å². The summed E-state index contributed by atoms with van der Waals surface area (Å²) >= 11 is 0. The monoisotopic (exact) mass is 1630 g/mol. The van der Waals surface area contributed by atoms with Gasteiger partial charge in [0, 0.05) is 82.9 Å². The van der Waals surface area contributed by atoms with E-state index in [1.807, 2.05) is 363 Å². The lowest BCUT2D eigenvalue weighted by molar-refractivity contribution is -0.140. The molecule has 2 N–H and O–H groups in total. The standard InChI is InChI=1S/2C15H13NO2.C13H15NO2.C11H11NO2.C11H13NO.C11H15NO.C10H13NO.7C2H6.CH4/c1-9(2)16-14(17)11-7-3-5-10-6-4-8-12(13(10)11)15(16)18;1-9(2)16-14(17)12-7-10-5-3-4-6-11(10)8-13(12)15(16)18;1-9(2)14-12(15)8-11(13(14)16)10-6-4-3-5-7-10;1-7(2)12-10(13)8-5-3-4-6-9(8)11(12)14;1-8(2)12-7-9-5-3-4-6-10(9)11(12)13;1-9(2)12-11(13)8-10-6-4-3-5-7-10;1-8(2)11-10(12)9-6-4-3-5-7-9;7*1-2;/h2*3-9H,1-2H3;3-7,9,11H,8H2,1-2H3;3-7H,1-2H3;3-6,8H,7H2,1-2H3;3-7,9H,8H2,1-2H3,(H,12,13);3-8H,1-2H3,(H,11,12);7*1-2H3;1H4. The SMILES string of the molecule is C.CC.CC.CC.CC.CC.CC.CC.CC(C)N1C(=O)CC(c2ccccc2)C1=O.CC(C)N1C(=O)c2cc3ccccc3cc2C1=O.CC(C)N1C(=O)c2cccc3cccc(c23)C1=O.CC(C)N1C(=O)c2ccccc2C1=O.CC(C)N1Cc2ccccc2C1=O.CC(C)NC(=O)Cc1ccccc1.CC(C)NC(=O)c1ccccc1. The van der Waals surface area contributed by atoms with Gasteiger partial charge in [-0.15, -0.1) is 0 Å². The first-order valence-electron chi connectivity index (χ1n) is 42.3. The highest BCUT2D eigenvalue weighted by Crippen LogP contribution is 2.34. The summed E-state index contributed by atoms with van der Waals surface area (Å²) < 4.78 is 0. The summed E-state index contributed by atoms with van der Waals surface area (Å²) in [5.41, 5.74) is 8.05. The van der Waals surface area contributed by atoms with Crippen LogP contribution < -0.4 is 10.6 Å². The van der Waals surface area contributed by atoms with E-state index in [2.05, 4.69) is 10.6 Å². The second-order valence-corrected chi connectivity index (χ2v) is 27.6. The van der Waals surface area contributed by atoms with Crippen LogP contribution in [-0.4, -0.2) is 132 Å². The summed E-state index contributed by atoms with van der Waals surface area (Å²) in [4.78, 5) is 138. The van der Waals surface area contributed by atoms with Crippen LogP contribution in [0.3, 0.4) is 0 Å². The van der Waals surface area contributed by atoms with Gasteiger partial charge >= 0.3 is 0 Å². The Bertz CT molecular complexity index is 4510. The zero-order valence-corrected chi connectivity index (χ0v) is 75.7. The number of carbonyl (C=O) groups excluding carboxylic acids is 11. The van der Waals surface area contributed by atoms with Crippen LogP contribution in [0.4, 0.5) is 0 Å². The number of fused-ring (bicyclic) bond motifs is 4. The predicted octanol–water partition coefficient (Wildman–Crippen LogP) is 22.8. The second-order valence-electron chi connectivity index (χ2n) is 27.6. The molecule has 1 atom stereocenters.